The topological polar surface area (TPSA) is 23.6 Å². The Morgan fingerprint density at radius 2 is 1.79 bits per heavy atom. The third kappa shape index (κ3) is 3.09. The molecular weight excluding hydrogens is 236 g/mol. The van der Waals surface area contributed by atoms with Crippen molar-refractivity contribution in [3.63, 3.8) is 0 Å². The van der Waals surface area contributed by atoms with E-state index in [9.17, 15) is 4.79 Å². The first-order valence-corrected chi connectivity index (χ1v) is 7.25. The van der Waals surface area contributed by atoms with Crippen molar-refractivity contribution in [1.29, 1.82) is 0 Å². The minimum atomic E-state index is 0.106. The Bertz CT molecular complexity index is 434. The Labute approximate surface area is 116 Å². The molecule has 0 bridgehead atoms. The van der Waals surface area contributed by atoms with Crippen LogP contribution in [0.5, 0.6) is 0 Å². The SMILES string of the molecule is CCc1ccccc1N1CCN(C(=O)C(C)C)CC1. The van der Waals surface area contributed by atoms with Crippen LogP contribution in [-0.4, -0.2) is 37.0 Å². The molecule has 0 unspecified atom stereocenters. The summed E-state index contributed by atoms with van der Waals surface area (Å²) in [6, 6.07) is 8.58. The third-order valence-electron chi connectivity index (χ3n) is 3.80. The van der Waals surface area contributed by atoms with E-state index in [4.69, 9.17) is 0 Å². The molecule has 3 nitrogen and oxygen atoms in total. The standard InChI is InChI=1S/C16H24N2O/c1-4-14-7-5-6-8-15(14)17-9-11-18(12-10-17)16(19)13(2)3/h5-8,13H,4,9-12H2,1-3H3. The van der Waals surface area contributed by atoms with Crippen LogP contribution in [0, 0.1) is 5.92 Å². The first kappa shape index (κ1) is 13.9. The molecular formula is C16H24N2O. The van der Waals surface area contributed by atoms with Crippen LogP contribution >= 0.6 is 0 Å². The van der Waals surface area contributed by atoms with Crippen molar-refractivity contribution in [2.75, 3.05) is 31.1 Å². The highest BCUT2D eigenvalue weighted by atomic mass is 16.2. The molecule has 0 saturated carbocycles. The summed E-state index contributed by atoms with van der Waals surface area (Å²) < 4.78 is 0. The maximum Gasteiger partial charge on any atom is 0.225 e. The average molecular weight is 260 g/mol. The van der Waals surface area contributed by atoms with Gasteiger partial charge in [-0.25, -0.2) is 0 Å². The van der Waals surface area contributed by atoms with Crippen molar-refractivity contribution in [2.45, 2.75) is 27.2 Å². The van der Waals surface area contributed by atoms with E-state index in [1.165, 1.54) is 11.3 Å². The maximum atomic E-state index is 12.0. The number of rotatable bonds is 3. The van der Waals surface area contributed by atoms with Crippen molar-refractivity contribution >= 4 is 11.6 Å². The van der Waals surface area contributed by atoms with Crippen molar-refractivity contribution in [2.24, 2.45) is 5.92 Å². The van der Waals surface area contributed by atoms with Crippen LogP contribution in [0.4, 0.5) is 5.69 Å². The summed E-state index contributed by atoms with van der Waals surface area (Å²) in [7, 11) is 0. The number of carbonyl (C=O) groups excluding carboxylic acids is 1. The van der Waals surface area contributed by atoms with Crippen LogP contribution in [0.2, 0.25) is 0 Å². The molecule has 3 heteroatoms. The Morgan fingerprint density at radius 1 is 1.16 bits per heavy atom. The fraction of sp³-hybridized carbons (Fsp3) is 0.562. The van der Waals surface area contributed by atoms with Crippen LogP contribution in [0.25, 0.3) is 0 Å². The summed E-state index contributed by atoms with van der Waals surface area (Å²) >= 11 is 0. The number of hydrogen-bond donors (Lipinski definition) is 0. The van der Waals surface area contributed by atoms with Crippen LogP contribution in [0.15, 0.2) is 24.3 Å². The predicted molar refractivity (Wildman–Crippen MR) is 79.5 cm³/mol. The molecule has 19 heavy (non-hydrogen) atoms. The first-order chi connectivity index (χ1) is 9.13. The number of anilines is 1. The van der Waals surface area contributed by atoms with Gasteiger partial charge in [0.1, 0.15) is 0 Å². The van der Waals surface area contributed by atoms with Crippen LogP contribution in [-0.2, 0) is 11.2 Å². The lowest BCUT2D eigenvalue weighted by Gasteiger charge is -2.37. The van der Waals surface area contributed by atoms with Gasteiger partial charge in [0.25, 0.3) is 0 Å². The number of hydrogen-bond acceptors (Lipinski definition) is 2. The molecule has 1 amide bonds. The molecule has 0 aromatic heterocycles. The molecule has 1 aromatic carbocycles. The molecule has 0 N–H and O–H groups in total. The summed E-state index contributed by atoms with van der Waals surface area (Å²) in [6.45, 7) is 9.70. The molecule has 1 fully saturated rings. The molecule has 1 heterocycles. The number of amides is 1. The fourth-order valence-corrected chi connectivity index (χ4v) is 2.65. The summed E-state index contributed by atoms with van der Waals surface area (Å²) in [6.07, 6.45) is 1.06. The summed E-state index contributed by atoms with van der Waals surface area (Å²) in [5.41, 5.74) is 2.73. The average Bonchev–Trinajstić information content (AvgIpc) is 2.46. The molecule has 1 aliphatic heterocycles. The van der Waals surface area contributed by atoms with Gasteiger partial charge >= 0.3 is 0 Å². The Morgan fingerprint density at radius 3 is 2.37 bits per heavy atom. The van der Waals surface area contributed by atoms with Gasteiger partial charge in [-0.3, -0.25) is 4.79 Å². The second-order valence-electron chi connectivity index (χ2n) is 5.45. The van der Waals surface area contributed by atoms with Crippen molar-refractivity contribution < 1.29 is 4.79 Å². The first-order valence-electron chi connectivity index (χ1n) is 7.25. The van der Waals surface area contributed by atoms with E-state index in [0.29, 0.717) is 0 Å². The Kier molecular flexibility index (Phi) is 4.46. The van der Waals surface area contributed by atoms with E-state index in [1.54, 1.807) is 0 Å². The lowest BCUT2D eigenvalue weighted by Crippen LogP contribution is -2.50. The van der Waals surface area contributed by atoms with E-state index < -0.39 is 0 Å². The zero-order chi connectivity index (χ0) is 13.8. The van der Waals surface area contributed by atoms with Crippen molar-refractivity contribution in [3.8, 4) is 0 Å². The van der Waals surface area contributed by atoms with Crippen LogP contribution < -0.4 is 4.90 Å². The maximum absolute atomic E-state index is 12.0. The van der Waals surface area contributed by atoms with Gasteiger partial charge in [-0.2, -0.15) is 0 Å². The van der Waals surface area contributed by atoms with Gasteiger partial charge in [0.15, 0.2) is 0 Å². The number of benzene rings is 1. The lowest BCUT2D eigenvalue weighted by molar-refractivity contribution is -0.134. The smallest absolute Gasteiger partial charge is 0.225 e. The van der Waals surface area contributed by atoms with Gasteiger partial charge in [0.05, 0.1) is 0 Å². The summed E-state index contributed by atoms with van der Waals surface area (Å²) in [4.78, 5) is 16.4. The monoisotopic (exact) mass is 260 g/mol. The molecule has 1 aromatic rings. The number of piperazine rings is 1. The number of nitrogens with zero attached hydrogens (tertiary/aromatic N) is 2. The largest absolute Gasteiger partial charge is 0.368 e. The van der Waals surface area contributed by atoms with Gasteiger partial charge in [-0.15, -0.1) is 0 Å². The van der Waals surface area contributed by atoms with Crippen LogP contribution in [0.3, 0.4) is 0 Å². The lowest BCUT2D eigenvalue weighted by atomic mass is 10.1. The zero-order valence-corrected chi connectivity index (χ0v) is 12.2. The van der Waals surface area contributed by atoms with Crippen molar-refractivity contribution in [3.05, 3.63) is 29.8 Å². The number of carbonyl (C=O) groups is 1. The van der Waals surface area contributed by atoms with Gasteiger partial charge in [0, 0.05) is 37.8 Å². The Hall–Kier alpha value is -1.51. The highest BCUT2D eigenvalue weighted by Gasteiger charge is 2.23. The highest BCUT2D eigenvalue weighted by molar-refractivity contribution is 5.78. The minimum Gasteiger partial charge on any atom is -0.368 e. The highest BCUT2D eigenvalue weighted by Crippen LogP contribution is 2.22. The van der Waals surface area contributed by atoms with E-state index in [1.807, 2.05) is 18.7 Å². The van der Waals surface area contributed by atoms with E-state index in [-0.39, 0.29) is 11.8 Å². The normalized spacial score (nSPS) is 16.0. The number of para-hydroxylation sites is 1. The molecule has 0 atom stereocenters. The van der Waals surface area contributed by atoms with Gasteiger partial charge in [-0.05, 0) is 18.1 Å². The number of aryl methyl sites for hydroxylation is 1. The molecule has 2 rings (SSSR count). The van der Waals surface area contributed by atoms with Gasteiger partial charge in [-0.1, -0.05) is 39.0 Å². The van der Waals surface area contributed by atoms with Gasteiger partial charge in [0.2, 0.25) is 5.91 Å². The second-order valence-corrected chi connectivity index (χ2v) is 5.45. The van der Waals surface area contributed by atoms with Gasteiger partial charge < -0.3 is 9.80 Å². The second kappa shape index (κ2) is 6.09. The molecule has 104 valence electrons. The molecule has 0 spiro atoms. The molecule has 1 saturated heterocycles. The Balaban J connectivity index is 2.02. The van der Waals surface area contributed by atoms with Crippen LogP contribution in [0.1, 0.15) is 26.3 Å². The van der Waals surface area contributed by atoms with E-state index in [0.717, 1.165) is 32.6 Å². The van der Waals surface area contributed by atoms with E-state index >= 15 is 0 Å². The summed E-state index contributed by atoms with van der Waals surface area (Å²) in [5, 5.41) is 0. The van der Waals surface area contributed by atoms with Crippen molar-refractivity contribution in [1.82, 2.24) is 4.90 Å². The van der Waals surface area contributed by atoms with E-state index in [2.05, 4.69) is 36.1 Å². The zero-order valence-electron chi connectivity index (χ0n) is 12.2. The fourth-order valence-electron chi connectivity index (χ4n) is 2.65. The molecule has 0 radical (unpaired) electrons. The quantitative estimate of drug-likeness (QED) is 0.834. The molecule has 0 aliphatic carbocycles. The third-order valence-corrected chi connectivity index (χ3v) is 3.80. The predicted octanol–water partition coefficient (Wildman–Crippen LogP) is 2.55. The summed E-state index contributed by atoms with van der Waals surface area (Å²) in [5.74, 6) is 0.387. The molecule has 1 aliphatic rings. The minimum absolute atomic E-state index is 0.106.